The summed E-state index contributed by atoms with van der Waals surface area (Å²) in [6.45, 7) is 1.88. The van der Waals surface area contributed by atoms with Gasteiger partial charge in [0, 0.05) is 24.9 Å². The predicted molar refractivity (Wildman–Crippen MR) is 112 cm³/mol. The third-order valence-electron chi connectivity index (χ3n) is 4.88. The van der Waals surface area contributed by atoms with Gasteiger partial charge < -0.3 is 19.9 Å². The fourth-order valence-corrected chi connectivity index (χ4v) is 3.08. The van der Waals surface area contributed by atoms with E-state index < -0.39 is 6.04 Å². The lowest BCUT2D eigenvalue weighted by atomic mass is 10.0. The van der Waals surface area contributed by atoms with Crippen molar-refractivity contribution < 1.29 is 18.8 Å². The zero-order valence-corrected chi connectivity index (χ0v) is 17.2. The molecule has 0 spiro atoms. The maximum atomic E-state index is 12.8. The van der Waals surface area contributed by atoms with Crippen molar-refractivity contribution in [1.29, 1.82) is 0 Å². The number of amides is 2. The van der Waals surface area contributed by atoms with E-state index in [4.69, 9.17) is 9.26 Å². The fraction of sp³-hybridized carbons (Fsp3) is 0.304. The van der Waals surface area contributed by atoms with Crippen molar-refractivity contribution in [2.45, 2.75) is 44.9 Å². The van der Waals surface area contributed by atoms with Gasteiger partial charge in [-0.2, -0.15) is 4.98 Å². The first-order valence-corrected chi connectivity index (χ1v) is 10.2. The number of carbonyl (C=O) groups is 2. The van der Waals surface area contributed by atoms with Gasteiger partial charge in [0.1, 0.15) is 11.8 Å². The summed E-state index contributed by atoms with van der Waals surface area (Å²) in [4.78, 5) is 29.5. The molecular formula is C23H24N4O4. The zero-order valence-electron chi connectivity index (χ0n) is 17.2. The Bertz CT molecular complexity index is 1030. The molecule has 3 aromatic rings. The monoisotopic (exact) mass is 420 g/mol. The fourth-order valence-electron chi connectivity index (χ4n) is 3.08. The zero-order chi connectivity index (χ0) is 21.6. The molecule has 8 nitrogen and oxygen atoms in total. The number of carbonyl (C=O) groups excluding carboxylic acids is 2. The van der Waals surface area contributed by atoms with E-state index in [-0.39, 0.29) is 24.5 Å². The highest BCUT2D eigenvalue weighted by Crippen LogP contribution is 2.19. The van der Waals surface area contributed by atoms with Crippen LogP contribution in [0.5, 0.6) is 5.75 Å². The van der Waals surface area contributed by atoms with E-state index in [1.54, 1.807) is 31.2 Å². The van der Waals surface area contributed by atoms with Gasteiger partial charge in [-0.05, 0) is 42.7 Å². The molecule has 1 unspecified atom stereocenters. The van der Waals surface area contributed by atoms with Crippen molar-refractivity contribution in [3.8, 4) is 5.75 Å². The molecule has 1 aliphatic carbocycles. The van der Waals surface area contributed by atoms with Crippen LogP contribution >= 0.6 is 0 Å². The van der Waals surface area contributed by atoms with Gasteiger partial charge in [0.25, 0.3) is 5.91 Å². The van der Waals surface area contributed by atoms with Crippen LogP contribution in [0.4, 0.5) is 0 Å². The maximum Gasteiger partial charge on any atom is 0.251 e. The first-order chi connectivity index (χ1) is 15.1. The Hall–Kier alpha value is -3.68. The number of aryl methyl sites for hydroxylation is 1. The van der Waals surface area contributed by atoms with Crippen LogP contribution in [0.2, 0.25) is 0 Å². The molecule has 4 rings (SSSR count). The minimum atomic E-state index is -0.645. The van der Waals surface area contributed by atoms with Crippen molar-refractivity contribution >= 4 is 11.8 Å². The molecule has 1 atom stereocenters. The van der Waals surface area contributed by atoms with Crippen molar-refractivity contribution in [2.75, 3.05) is 0 Å². The molecule has 8 heteroatoms. The van der Waals surface area contributed by atoms with Crippen molar-refractivity contribution in [1.82, 2.24) is 20.8 Å². The van der Waals surface area contributed by atoms with E-state index in [0.717, 1.165) is 18.4 Å². The summed E-state index contributed by atoms with van der Waals surface area (Å²) < 4.78 is 10.5. The number of hydrogen-bond donors (Lipinski definition) is 2. The number of hydrogen-bond acceptors (Lipinski definition) is 6. The van der Waals surface area contributed by atoms with Gasteiger partial charge in [0.2, 0.25) is 17.6 Å². The first kappa shape index (κ1) is 20.6. The van der Waals surface area contributed by atoms with Crippen LogP contribution in [0.1, 0.15) is 40.5 Å². The molecule has 1 heterocycles. The highest BCUT2D eigenvalue weighted by Gasteiger charge is 2.28. The molecule has 160 valence electrons. The molecular weight excluding hydrogens is 396 g/mol. The maximum absolute atomic E-state index is 12.8. The molecule has 1 saturated carbocycles. The normalized spacial score (nSPS) is 14.0. The molecule has 0 saturated heterocycles. The van der Waals surface area contributed by atoms with Crippen molar-refractivity contribution in [3.63, 3.8) is 0 Å². The molecule has 2 aromatic carbocycles. The van der Waals surface area contributed by atoms with Crippen LogP contribution in [0.15, 0.2) is 59.1 Å². The van der Waals surface area contributed by atoms with E-state index in [2.05, 4.69) is 20.8 Å². The molecule has 0 aliphatic heterocycles. The molecule has 1 aromatic heterocycles. The van der Waals surface area contributed by atoms with E-state index >= 15 is 0 Å². The lowest BCUT2D eigenvalue weighted by Gasteiger charge is -2.19. The van der Waals surface area contributed by atoms with Gasteiger partial charge in [-0.25, -0.2) is 0 Å². The van der Waals surface area contributed by atoms with E-state index in [1.165, 1.54) is 0 Å². The average Bonchev–Trinajstić information content (AvgIpc) is 3.50. The minimum absolute atomic E-state index is 0.157. The molecule has 1 fully saturated rings. The highest BCUT2D eigenvalue weighted by atomic mass is 16.5. The Balaban J connectivity index is 1.37. The number of nitrogens with one attached hydrogen (secondary N) is 2. The van der Waals surface area contributed by atoms with Crippen molar-refractivity contribution in [3.05, 3.63) is 77.4 Å². The quantitative estimate of drug-likeness (QED) is 0.551. The van der Waals surface area contributed by atoms with Crippen LogP contribution in [0, 0.1) is 6.92 Å². The Kier molecular flexibility index (Phi) is 6.26. The van der Waals surface area contributed by atoms with E-state index in [0.29, 0.717) is 29.4 Å². The summed E-state index contributed by atoms with van der Waals surface area (Å²) in [5.41, 5.74) is 1.43. The number of aromatic nitrogens is 2. The SMILES string of the molecule is Cc1nc(COc2ccc(C(=O)NC(Cc3ccccc3)C(=O)NC3CC3)cc2)no1. The third kappa shape index (κ3) is 5.91. The Morgan fingerprint density at radius 3 is 2.52 bits per heavy atom. The predicted octanol–water partition coefficient (Wildman–Crippen LogP) is 2.58. The van der Waals surface area contributed by atoms with E-state index in [1.807, 2.05) is 30.3 Å². The summed E-state index contributed by atoms with van der Waals surface area (Å²) in [5.74, 6) is 1.03. The van der Waals surface area contributed by atoms with Gasteiger partial charge in [0.05, 0.1) is 0 Å². The van der Waals surface area contributed by atoms with Crippen molar-refractivity contribution in [2.24, 2.45) is 0 Å². The highest BCUT2D eigenvalue weighted by molar-refractivity contribution is 5.97. The van der Waals surface area contributed by atoms with Crippen LogP contribution in [0.3, 0.4) is 0 Å². The summed E-state index contributed by atoms with van der Waals surface area (Å²) in [5, 5.41) is 9.62. The Morgan fingerprint density at radius 1 is 1.13 bits per heavy atom. The second-order valence-corrected chi connectivity index (χ2v) is 7.54. The lowest BCUT2D eigenvalue weighted by molar-refractivity contribution is -0.123. The number of ether oxygens (including phenoxy) is 1. The first-order valence-electron chi connectivity index (χ1n) is 10.2. The van der Waals surface area contributed by atoms with Gasteiger partial charge in [-0.1, -0.05) is 35.5 Å². The lowest BCUT2D eigenvalue weighted by Crippen LogP contribution is -2.48. The third-order valence-corrected chi connectivity index (χ3v) is 4.88. The average molecular weight is 420 g/mol. The molecule has 31 heavy (non-hydrogen) atoms. The van der Waals surface area contributed by atoms with Crippen LogP contribution in [-0.4, -0.2) is 34.0 Å². The van der Waals surface area contributed by atoms with Crippen LogP contribution in [-0.2, 0) is 17.8 Å². The number of rotatable bonds is 9. The molecule has 2 N–H and O–H groups in total. The summed E-state index contributed by atoms with van der Waals surface area (Å²) >= 11 is 0. The smallest absolute Gasteiger partial charge is 0.251 e. The number of nitrogens with zero attached hydrogens (tertiary/aromatic N) is 2. The minimum Gasteiger partial charge on any atom is -0.485 e. The molecule has 2 amide bonds. The Morgan fingerprint density at radius 2 is 1.87 bits per heavy atom. The second kappa shape index (κ2) is 9.42. The summed E-state index contributed by atoms with van der Waals surface area (Å²) in [6, 6.07) is 15.9. The summed E-state index contributed by atoms with van der Waals surface area (Å²) in [6.07, 6.45) is 2.40. The second-order valence-electron chi connectivity index (χ2n) is 7.54. The van der Waals surface area contributed by atoms with E-state index in [9.17, 15) is 9.59 Å². The molecule has 1 aliphatic rings. The van der Waals surface area contributed by atoms with Gasteiger partial charge in [-0.15, -0.1) is 0 Å². The van der Waals surface area contributed by atoms with Gasteiger partial charge in [-0.3, -0.25) is 9.59 Å². The van der Waals surface area contributed by atoms with Gasteiger partial charge >= 0.3 is 0 Å². The number of benzene rings is 2. The van der Waals surface area contributed by atoms with Crippen LogP contribution in [0.25, 0.3) is 0 Å². The molecule has 0 radical (unpaired) electrons. The summed E-state index contributed by atoms with van der Waals surface area (Å²) in [7, 11) is 0. The molecule has 0 bridgehead atoms. The Labute approximate surface area is 180 Å². The topological polar surface area (TPSA) is 106 Å². The van der Waals surface area contributed by atoms with Gasteiger partial charge in [0.15, 0.2) is 6.61 Å². The van der Waals surface area contributed by atoms with Crippen LogP contribution < -0.4 is 15.4 Å². The standard InChI is InChI=1S/C23H24N4O4/c1-15-24-21(27-31-15)14-30-19-11-7-17(8-12-19)22(28)26-20(23(29)25-18-9-10-18)13-16-5-3-2-4-6-16/h2-8,11-12,18,20H,9-10,13-14H2,1H3,(H,25,29)(H,26,28). The largest absolute Gasteiger partial charge is 0.485 e.